The highest BCUT2D eigenvalue weighted by molar-refractivity contribution is 5.28. The average molecular weight is 266 g/mol. The van der Waals surface area contributed by atoms with Gasteiger partial charge in [-0.05, 0) is 55.4 Å². The van der Waals surface area contributed by atoms with Gasteiger partial charge in [-0.15, -0.1) is 0 Å². The van der Waals surface area contributed by atoms with Gasteiger partial charge in [0, 0.05) is 5.41 Å². The lowest BCUT2D eigenvalue weighted by atomic mass is 9.71. The summed E-state index contributed by atoms with van der Waals surface area (Å²) in [7, 11) is 0. The summed E-state index contributed by atoms with van der Waals surface area (Å²) >= 11 is 0. The van der Waals surface area contributed by atoms with Crippen molar-refractivity contribution >= 4 is 0 Å². The molecule has 0 heterocycles. The number of aliphatic hydroxyl groups is 2. The standard InChI is InChI=1S/C16H23FO2/c1-12-8-15(17)7-6-13(12)9-16(10-18,11-19)14-4-2-3-5-14/h6-8,14,18-19H,2-5,9-11H2,1H3. The van der Waals surface area contributed by atoms with Gasteiger partial charge in [0.25, 0.3) is 0 Å². The maximum absolute atomic E-state index is 13.1. The number of hydrogen-bond acceptors (Lipinski definition) is 2. The van der Waals surface area contributed by atoms with Crippen LogP contribution in [0, 0.1) is 24.1 Å². The molecule has 1 aromatic rings. The number of rotatable bonds is 5. The fourth-order valence-electron chi connectivity index (χ4n) is 3.34. The molecule has 2 nitrogen and oxygen atoms in total. The van der Waals surface area contributed by atoms with Crippen molar-refractivity contribution in [1.29, 1.82) is 0 Å². The SMILES string of the molecule is Cc1cc(F)ccc1CC(CO)(CO)C1CCCC1. The monoisotopic (exact) mass is 266 g/mol. The molecule has 106 valence electrons. The fourth-order valence-corrected chi connectivity index (χ4v) is 3.34. The molecule has 0 unspecified atom stereocenters. The van der Waals surface area contributed by atoms with Crippen molar-refractivity contribution in [2.45, 2.75) is 39.0 Å². The Balaban J connectivity index is 2.24. The molecule has 19 heavy (non-hydrogen) atoms. The molecule has 0 aromatic heterocycles. The van der Waals surface area contributed by atoms with E-state index >= 15 is 0 Å². The van der Waals surface area contributed by atoms with Gasteiger partial charge in [0.15, 0.2) is 0 Å². The zero-order chi connectivity index (χ0) is 13.9. The van der Waals surface area contributed by atoms with Crippen molar-refractivity contribution in [2.24, 2.45) is 11.3 Å². The molecule has 0 amide bonds. The van der Waals surface area contributed by atoms with Crippen LogP contribution in [-0.2, 0) is 6.42 Å². The highest BCUT2D eigenvalue weighted by Gasteiger charge is 2.39. The quantitative estimate of drug-likeness (QED) is 0.860. The number of aryl methyl sites for hydroxylation is 1. The van der Waals surface area contributed by atoms with E-state index in [1.54, 1.807) is 6.07 Å². The number of benzene rings is 1. The topological polar surface area (TPSA) is 40.5 Å². The van der Waals surface area contributed by atoms with E-state index in [1.807, 2.05) is 6.92 Å². The molecule has 1 aliphatic carbocycles. The minimum Gasteiger partial charge on any atom is -0.396 e. The van der Waals surface area contributed by atoms with E-state index < -0.39 is 5.41 Å². The molecule has 0 aliphatic heterocycles. The van der Waals surface area contributed by atoms with Gasteiger partial charge < -0.3 is 10.2 Å². The summed E-state index contributed by atoms with van der Waals surface area (Å²) in [4.78, 5) is 0. The Labute approximate surface area is 114 Å². The zero-order valence-corrected chi connectivity index (χ0v) is 11.5. The maximum Gasteiger partial charge on any atom is 0.123 e. The molecule has 0 radical (unpaired) electrons. The lowest BCUT2D eigenvalue weighted by Crippen LogP contribution is -2.39. The largest absolute Gasteiger partial charge is 0.396 e. The van der Waals surface area contributed by atoms with E-state index in [0.29, 0.717) is 12.3 Å². The van der Waals surface area contributed by atoms with Crippen molar-refractivity contribution in [3.05, 3.63) is 35.1 Å². The van der Waals surface area contributed by atoms with Crippen LogP contribution in [0.25, 0.3) is 0 Å². The van der Waals surface area contributed by atoms with Crippen LogP contribution in [0.3, 0.4) is 0 Å². The third-order valence-electron chi connectivity index (χ3n) is 4.70. The lowest BCUT2D eigenvalue weighted by Gasteiger charge is -2.36. The molecular formula is C16H23FO2. The van der Waals surface area contributed by atoms with Crippen molar-refractivity contribution in [3.63, 3.8) is 0 Å². The Bertz CT molecular complexity index is 421. The lowest BCUT2D eigenvalue weighted by molar-refractivity contribution is 0.00560. The maximum atomic E-state index is 13.1. The summed E-state index contributed by atoms with van der Waals surface area (Å²) in [5, 5.41) is 19.6. The van der Waals surface area contributed by atoms with Gasteiger partial charge in [0.05, 0.1) is 13.2 Å². The minimum absolute atomic E-state index is 0.00895. The van der Waals surface area contributed by atoms with Gasteiger partial charge in [0.2, 0.25) is 0 Å². The van der Waals surface area contributed by atoms with E-state index in [1.165, 1.54) is 25.0 Å². The van der Waals surface area contributed by atoms with Gasteiger partial charge in [-0.3, -0.25) is 0 Å². The first-order valence-electron chi connectivity index (χ1n) is 7.08. The van der Waals surface area contributed by atoms with Gasteiger partial charge in [-0.25, -0.2) is 4.39 Å². The second-order valence-electron chi connectivity index (χ2n) is 5.91. The van der Waals surface area contributed by atoms with E-state index in [0.717, 1.165) is 24.0 Å². The molecule has 2 rings (SSSR count). The summed E-state index contributed by atoms with van der Waals surface area (Å²) in [6, 6.07) is 4.75. The Morgan fingerprint density at radius 2 is 1.84 bits per heavy atom. The predicted octanol–water partition coefficient (Wildman–Crippen LogP) is 2.84. The minimum atomic E-state index is -0.459. The highest BCUT2D eigenvalue weighted by Crippen LogP contribution is 2.42. The normalized spacial score (nSPS) is 17.1. The third kappa shape index (κ3) is 2.98. The highest BCUT2D eigenvalue weighted by atomic mass is 19.1. The zero-order valence-electron chi connectivity index (χ0n) is 11.5. The number of aliphatic hydroxyl groups excluding tert-OH is 2. The first-order valence-corrected chi connectivity index (χ1v) is 7.08. The molecular weight excluding hydrogens is 243 g/mol. The molecule has 2 N–H and O–H groups in total. The van der Waals surface area contributed by atoms with Crippen molar-refractivity contribution in [2.75, 3.05) is 13.2 Å². The van der Waals surface area contributed by atoms with Crippen LogP contribution in [0.15, 0.2) is 18.2 Å². The second-order valence-corrected chi connectivity index (χ2v) is 5.91. The Morgan fingerprint density at radius 1 is 1.21 bits per heavy atom. The molecule has 1 aromatic carbocycles. The van der Waals surface area contributed by atoms with Crippen molar-refractivity contribution in [1.82, 2.24) is 0 Å². The van der Waals surface area contributed by atoms with E-state index in [9.17, 15) is 14.6 Å². The Kier molecular flexibility index (Phi) is 4.58. The Hall–Kier alpha value is -0.930. The first-order chi connectivity index (χ1) is 9.11. The molecule has 3 heteroatoms. The molecule has 1 aliphatic rings. The number of hydrogen-bond donors (Lipinski definition) is 2. The van der Waals surface area contributed by atoms with Crippen LogP contribution < -0.4 is 0 Å². The van der Waals surface area contributed by atoms with Crippen LogP contribution >= 0.6 is 0 Å². The average Bonchev–Trinajstić information content (AvgIpc) is 2.93. The van der Waals surface area contributed by atoms with Crippen LogP contribution in [0.2, 0.25) is 0 Å². The van der Waals surface area contributed by atoms with Crippen molar-refractivity contribution in [3.8, 4) is 0 Å². The Morgan fingerprint density at radius 3 is 2.37 bits per heavy atom. The van der Waals surface area contributed by atoms with Crippen LogP contribution in [-0.4, -0.2) is 23.4 Å². The van der Waals surface area contributed by atoms with Crippen LogP contribution in [0.1, 0.15) is 36.8 Å². The molecule has 0 saturated heterocycles. The summed E-state index contributed by atoms with van der Waals surface area (Å²) in [6.45, 7) is 1.86. The number of halogens is 1. The molecule has 0 atom stereocenters. The smallest absolute Gasteiger partial charge is 0.123 e. The molecule has 0 spiro atoms. The fraction of sp³-hybridized carbons (Fsp3) is 0.625. The van der Waals surface area contributed by atoms with E-state index in [4.69, 9.17) is 0 Å². The summed E-state index contributed by atoms with van der Waals surface area (Å²) < 4.78 is 13.1. The first kappa shape index (κ1) is 14.5. The summed E-state index contributed by atoms with van der Waals surface area (Å²) in [5.74, 6) is 0.132. The molecule has 1 saturated carbocycles. The second kappa shape index (κ2) is 6.02. The van der Waals surface area contributed by atoms with Crippen LogP contribution in [0.5, 0.6) is 0 Å². The van der Waals surface area contributed by atoms with Gasteiger partial charge in [-0.1, -0.05) is 18.9 Å². The van der Waals surface area contributed by atoms with Gasteiger partial charge in [-0.2, -0.15) is 0 Å². The van der Waals surface area contributed by atoms with E-state index in [-0.39, 0.29) is 19.0 Å². The summed E-state index contributed by atoms with van der Waals surface area (Å²) in [6.07, 6.45) is 5.11. The van der Waals surface area contributed by atoms with Gasteiger partial charge >= 0.3 is 0 Å². The summed E-state index contributed by atoms with van der Waals surface area (Å²) in [5.41, 5.74) is 1.46. The van der Waals surface area contributed by atoms with Crippen LogP contribution in [0.4, 0.5) is 4.39 Å². The predicted molar refractivity (Wildman–Crippen MR) is 73.4 cm³/mol. The molecule has 0 bridgehead atoms. The van der Waals surface area contributed by atoms with E-state index in [2.05, 4.69) is 0 Å². The van der Waals surface area contributed by atoms with Gasteiger partial charge in [0.1, 0.15) is 5.82 Å². The van der Waals surface area contributed by atoms with Crippen molar-refractivity contribution < 1.29 is 14.6 Å². The molecule has 1 fully saturated rings. The third-order valence-corrected chi connectivity index (χ3v) is 4.70.